The molecule has 2 unspecified atom stereocenters. The van der Waals surface area contributed by atoms with Gasteiger partial charge in [-0.15, -0.1) is 0 Å². The van der Waals surface area contributed by atoms with Crippen molar-refractivity contribution >= 4 is 6.09 Å². The molecule has 0 aromatic heterocycles. The largest absolute Gasteiger partial charge is 0.444 e. The quantitative estimate of drug-likeness (QED) is 0.729. The molecular weight excluding hydrogens is 268 g/mol. The third-order valence-corrected chi connectivity index (χ3v) is 3.61. The Balaban J connectivity index is 2.41. The summed E-state index contributed by atoms with van der Waals surface area (Å²) in [6.07, 6.45) is 4.23. The number of carbonyl (C=O) groups excluding carboxylic acids is 1. The standard InChI is InChI=1S/C16H32N2O3/c1-15(2,3)21-14(19)17-10-12-8-6-7-9-13(12)18-11-16(4,5)20/h12-13,18,20H,6-11H2,1-5H3,(H,17,19). The van der Waals surface area contributed by atoms with Crippen molar-refractivity contribution in [3.05, 3.63) is 0 Å². The summed E-state index contributed by atoms with van der Waals surface area (Å²) < 4.78 is 5.27. The van der Waals surface area contributed by atoms with Gasteiger partial charge in [0.1, 0.15) is 5.60 Å². The van der Waals surface area contributed by atoms with E-state index in [9.17, 15) is 9.90 Å². The van der Waals surface area contributed by atoms with Crippen molar-refractivity contribution in [3.63, 3.8) is 0 Å². The van der Waals surface area contributed by atoms with E-state index in [1.54, 1.807) is 13.8 Å². The van der Waals surface area contributed by atoms with Gasteiger partial charge in [0, 0.05) is 19.1 Å². The summed E-state index contributed by atoms with van der Waals surface area (Å²) in [4.78, 5) is 11.7. The van der Waals surface area contributed by atoms with Gasteiger partial charge in [0.05, 0.1) is 5.60 Å². The van der Waals surface area contributed by atoms with E-state index in [0.717, 1.165) is 12.8 Å². The zero-order valence-electron chi connectivity index (χ0n) is 14.2. The molecule has 1 aliphatic carbocycles. The molecule has 5 nitrogen and oxygen atoms in total. The molecule has 0 radical (unpaired) electrons. The summed E-state index contributed by atoms with van der Waals surface area (Å²) >= 11 is 0. The summed E-state index contributed by atoms with van der Waals surface area (Å²) in [5.41, 5.74) is -1.17. The fourth-order valence-electron chi connectivity index (χ4n) is 2.63. The molecule has 1 amide bonds. The molecule has 21 heavy (non-hydrogen) atoms. The van der Waals surface area contributed by atoms with E-state index >= 15 is 0 Å². The summed E-state index contributed by atoms with van der Waals surface area (Å²) in [5, 5.41) is 16.1. The van der Waals surface area contributed by atoms with E-state index in [1.807, 2.05) is 20.8 Å². The zero-order chi connectivity index (χ0) is 16.1. The Labute approximate surface area is 128 Å². The van der Waals surface area contributed by atoms with Crippen LogP contribution in [0.25, 0.3) is 0 Å². The molecule has 0 saturated heterocycles. The van der Waals surface area contributed by atoms with E-state index in [2.05, 4.69) is 10.6 Å². The lowest BCUT2D eigenvalue weighted by atomic mass is 9.84. The molecular formula is C16H32N2O3. The first kappa shape index (κ1) is 18.2. The minimum absolute atomic E-state index is 0.347. The van der Waals surface area contributed by atoms with Gasteiger partial charge in [-0.05, 0) is 53.4 Å². The van der Waals surface area contributed by atoms with Gasteiger partial charge in [0.25, 0.3) is 0 Å². The van der Waals surface area contributed by atoms with Crippen molar-refractivity contribution in [2.75, 3.05) is 13.1 Å². The number of aliphatic hydroxyl groups is 1. The SMILES string of the molecule is CC(C)(O)CNC1CCCCC1CNC(=O)OC(C)(C)C. The molecule has 1 saturated carbocycles. The number of hydrogen-bond acceptors (Lipinski definition) is 4. The van der Waals surface area contributed by atoms with Crippen molar-refractivity contribution in [3.8, 4) is 0 Å². The van der Waals surface area contributed by atoms with Crippen molar-refractivity contribution < 1.29 is 14.6 Å². The Bertz CT molecular complexity index is 331. The highest BCUT2D eigenvalue weighted by Crippen LogP contribution is 2.24. The van der Waals surface area contributed by atoms with Crippen LogP contribution >= 0.6 is 0 Å². The van der Waals surface area contributed by atoms with Crippen molar-refractivity contribution in [1.82, 2.24) is 10.6 Å². The van der Waals surface area contributed by atoms with Crippen LogP contribution in [0.3, 0.4) is 0 Å². The number of carbonyl (C=O) groups is 1. The number of alkyl carbamates (subject to hydrolysis) is 1. The molecule has 2 atom stereocenters. The van der Waals surface area contributed by atoms with Crippen LogP contribution in [0.4, 0.5) is 4.79 Å². The van der Waals surface area contributed by atoms with Crippen LogP contribution in [0, 0.1) is 5.92 Å². The summed E-state index contributed by atoms with van der Waals surface area (Å²) in [7, 11) is 0. The van der Waals surface area contributed by atoms with Crippen LogP contribution in [0.1, 0.15) is 60.3 Å². The van der Waals surface area contributed by atoms with Gasteiger partial charge in [-0.3, -0.25) is 0 Å². The Kier molecular flexibility index (Phi) is 6.47. The highest BCUT2D eigenvalue weighted by Gasteiger charge is 2.27. The highest BCUT2D eigenvalue weighted by atomic mass is 16.6. The summed E-state index contributed by atoms with van der Waals surface area (Å²) in [6.45, 7) is 10.4. The fraction of sp³-hybridized carbons (Fsp3) is 0.938. The van der Waals surface area contributed by atoms with Crippen molar-refractivity contribution in [2.24, 2.45) is 5.92 Å². The first-order valence-electron chi connectivity index (χ1n) is 7.99. The second-order valence-corrected chi connectivity index (χ2v) is 7.73. The first-order valence-corrected chi connectivity index (χ1v) is 7.99. The van der Waals surface area contributed by atoms with Gasteiger partial charge in [-0.25, -0.2) is 4.79 Å². The average Bonchev–Trinajstić information content (AvgIpc) is 2.32. The Hall–Kier alpha value is -0.810. The van der Waals surface area contributed by atoms with Crippen molar-refractivity contribution in [2.45, 2.75) is 77.5 Å². The highest BCUT2D eigenvalue weighted by molar-refractivity contribution is 5.67. The molecule has 3 N–H and O–H groups in total. The fourth-order valence-corrected chi connectivity index (χ4v) is 2.63. The van der Waals surface area contributed by atoms with E-state index in [1.165, 1.54) is 12.8 Å². The first-order chi connectivity index (χ1) is 9.57. The lowest BCUT2D eigenvalue weighted by molar-refractivity contribution is 0.0497. The van der Waals surface area contributed by atoms with E-state index < -0.39 is 11.2 Å². The van der Waals surface area contributed by atoms with Crippen LogP contribution in [0.2, 0.25) is 0 Å². The number of rotatable bonds is 5. The third-order valence-electron chi connectivity index (χ3n) is 3.61. The molecule has 1 rings (SSSR count). The maximum atomic E-state index is 11.7. The van der Waals surface area contributed by atoms with Crippen molar-refractivity contribution in [1.29, 1.82) is 0 Å². The molecule has 0 aromatic rings. The van der Waals surface area contributed by atoms with Gasteiger partial charge in [-0.1, -0.05) is 12.8 Å². The van der Waals surface area contributed by atoms with Crippen LogP contribution in [0.5, 0.6) is 0 Å². The smallest absolute Gasteiger partial charge is 0.407 e. The second kappa shape index (κ2) is 7.45. The lowest BCUT2D eigenvalue weighted by Gasteiger charge is -2.34. The average molecular weight is 300 g/mol. The van der Waals surface area contributed by atoms with Gasteiger partial charge < -0.3 is 20.5 Å². The molecule has 124 valence electrons. The van der Waals surface area contributed by atoms with Gasteiger partial charge >= 0.3 is 6.09 Å². The molecule has 0 bridgehead atoms. The van der Waals surface area contributed by atoms with Crippen LogP contribution in [-0.2, 0) is 4.74 Å². The predicted molar refractivity (Wildman–Crippen MR) is 84.3 cm³/mol. The summed E-state index contributed by atoms with van der Waals surface area (Å²) in [5.74, 6) is 0.397. The molecule has 0 heterocycles. The number of ether oxygens (including phenoxy) is 1. The van der Waals surface area contributed by atoms with E-state index in [-0.39, 0.29) is 6.09 Å². The van der Waals surface area contributed by atoms with Crippen LogP contribution in [0.15, 0.2) is 0 Å². The van der Waals surface area contributed by atoms with Gasteiger partial charge in [-0.2, -0.15) is 0 Å². The molecule has 0 aliphatic heterocycles. The third kappa shape index (κ3) is 8.27. The molecule has 0 aromatic carbocycles. The topological polar surface area (TPSA) is 70.6 Å². The van der Waals surface area contributed by atoms with Gasteiger partial charge in [0.15, 0.2) is 0 Å². The maximum absolute atomic E-state index is 11.7. The second-order valence-electron chi connectivity index (χ2n) is 7.73. The zero-order valence-corrected chi connectivity index (χ0v) is 14.2. The molecule has 1 fully saturated rings. The van der Waals surface area contributed by atoms with Crippen LogP contribution in [-0.4, -0.2) is 41.5 Å². The number of hydrogen-bond donors (Lipinski definition) is 3. The summed E-state index contributed by atoms with van der Waals surface area (Å²) in [6, 6.07) is 0.347. The number of amides is 1. The minimum Gasteiger partial charge on any atom is -0.444 e. The molecule has 1 aliphatic rings. The monoisotopic (exact) mass is 300 g/mol. The molecule has 5 heteroatoms. The molecule has 0 spiro atoms. The van der Waals surface area contributed by atoms with Gasteiger partial charge in [0.2, 0.25) is 0 Å². The Morgan fingerprint density at radius 2 is 1.81 bits per heavy atom. The van der Waals surface area contributed by atoms with E-state index in [4.69, 9.17) is 4.74 Å². The maximum Gasteiger partial charge on any atom is 0.407 e. The predicted octanol–water partition coefficient (Wildman–Crippen LogP) is 2.43. The van der Waals surface area contributed by atoms with E-state index in [0.29, 0.717) is 25.0 Å². The normalized spacial score (nSPS) is 23.7. The Morgan fingerprint density at radius 3 is 2.38 bits per heavy atom. The lowest BCUT2D eigenvalue weighted by Crippen LogP contribution is -2.48. The number of nitrogens with one attached hydrogen (secondary N) is 2. The minimum atomic E-state index is -0.708. The Morgan fingerprint density at radius 1 is 1.19 bits per heavy atom. The van der Waals surface area contributed by atoms with Crippen LogP contribution < -0.4 is 10.6 Å².